The van der Waals surface area contributed by atoms with E-state index in [0.29, 0.717) is 25.6 Å². The molecule has 3 aromatic rings. The van der Waals surface area contributed by atoms with Crippen LogP contribution in [0.25, 0.3) is 23.1 Å². The molecule has 0 aliphatic heterocycles. The molecule has 0 saturated carbocycles. The number of fused-ring (bicyclic) bond motifs is 1. The summed E-state index contributed by atoms with van der Waals surface area (Å²) in [5.41, 5.74) is 0.629. The highest BCUT2D eigenvalue weighted by molar-refractivity contribution is 9.10. The smallest absolute Gasteiger partial charge is 0.354 e. The molecule has 0 radical (unpaired) electrons. The molecule has 2 nitrogen and oxygen atoms in total. The van der Waals surface area contributed by atoms with Crippen LogP contribution < -0.4 is 0 Å². The topological polar surface area (TPSA) is 32.9 Å². The first-order chi connectivity index (χ1) is 12.1. The number of carbonyl (C=O) groups is 1. The Kier molecular flexibility index (Phi) is 5.19. The second-order valence-corrected chi connectivity index (χ2v) is 7.26. The zero-order chi connectivity index (χ0) is 19.1. The van der Waals surface area contributed by atoms with E-state index in [1.54, 1.807) is 30.3 Å². The van der Waals surface area contributed by atoms with Crippen LogP contribution in [0.3, 0.4) is 0 Å². The maximum atomic E-state index is 13.0. The van der Waals surface area contributed by atoms with E-state index in [1.807, 2.05) is 0 Å². The van der Waals surface area contributed by atoms with Crippen LogP contribution >= 0.6 is 39.1 Å². The van der Waals surface area contributed by atoms with Gasteiger partial charge in [-0.3, -0.25) is 4.79 Å². The summed E-state index contributed by atoms with van der Waals surface area (Å²) in [6, 6.07) is 9.40. The van der Waals surface area contributed by atoms with Gasteiger partial charge in [-0.1, -0.05) is 51.3 Å². The van der Waals surface area contributed by atoms with Gasteiger partial charge in [0, 0.05) is 25.4 Å². The van der Waals surface area contributed by atoms with Gasteiger partial charge < -0.3 is 4.98 Å². The Morgan fingerprint density at radius 2 is 1.69 bits per heavy atom. The van der Waals surface area contributed by atoms with Crippen molar-refractivity contribution in [2.45, 2.75) is 6.18 Å². The average Bonchev–Trinajstić information content (AvgIpc) is 2.87. The number of rotatable bonds is 3. The average molecular weight is 463 g/mol. The highest BCUT2D eigenvalue weighted by Gasteiger charge is 2.41. The molecule has 8 heteroatoms. The maximum absolute atomic E-state index is 13.0. The van der Waals surface area contributed by atoms with Crippen molar-refractivity contribution in [2.24, 2.45) is 0 Å². The summed E-state index contributed by atoms with van der Waals surface area (Å²) in [7, 11) is 0. The molecule has 26 heavy (non-hydrogen) atoms. The Morgan fingerprint density at radius 3 is 2.31 bits per heavy atom. The van der Waals surface area contributed by atoms with Crippen molar-refractivity contribution >= 4 is 68.0 Å². The molecule has 134 valence electrons. The highest BCUT2D eigenvalue weighted by Crippen LogP contribution is 2.32. The Balaban J connectivity index is 2.15. The second-order valence-electron chi connectivity index (χ2n) is 5.47. The number of ketones is 1. The van der Waals surface area contributed by atoms with Crippen molar-refractivity contribution in [3.05, 3.63) is 67.7 Å². The molecule has 0 fully saturated rings. The van der Waals surface area contributed by atoms with Crippen molar-refractivity contribution in [3.63, 3.8) is 0 Å². The molecule has 0 bridgehead atoms. The van der Waals surface area contributed by atoms with Gasteiger partial charge >= 0.3 is 6.18 Å². The van der Waals surface area contributed by atoms with E-state index in [4.69, 9.17) is 23.2 Å². The zero-order valence-corrected chi connectivity index (χ0v) is 15.9. The normalized spacial score (nSPS) is 12.2. The first kappa shape index (κ1) is 19.0. The van der Waals surface area contributed by atoms with E-state index in [1.165, 1.54) is 18.2 Å². The number of H-pyrrole nitrogens is 1. The third-order valence-corrected chi connectivity index (χ3v) is 4.53. The van der Waals surface area contributed by atoms with Crippen LogP contribution in [0.5, 0.6) is 0 Å². The van der Waals surface area contributed by atoms with E-state index < -0.39 is 17.5 Å². The monoisotopic (exact) mass is 461 g/mol. The number of halogens is 6. The highest BCUT2D eigenvalue weighted by atomic mass is 79.9. The number of aromatic nitrogens is 1. The summed E-state index contributed by atoms with van der Waals surface area (Å²) in [6.07, 6.45) is -2.05. The number of benzene rings is 2. The van der Waals surface area contributed by atoms with Gasteiger partial charge in [0.05, 0.1) is 11.3 Å². The van der Waals surface area contributed by atoms with Crippen molar-refractivity contribution in [1.82, 2.24) is 4.98 Å². The van der Waals surface area contributed by atoms with Crippen LogP contribution in [0.15, 0.2) is 40.9 Å². The first-order valence-corrected chi connectivity index (χ1v) is 8.77. The van der Waals surface area contributed by atoms with Crippen LogP contribution in [-0.4, -0.2) is 16.9 Å². The molecule has 0 amide bonds. The van der Waals surface area contributed by atoms with Gasteiger partial charge in [0.25, 0.3) is 5.78 Å². The van der Waals surface area contributed by atoms with Crippen LogP contribution in [0.4, 0.5) is 13.2 Å². The fourth-order valence-electron chi connectivity index (χ4n) is 2.55. The predicted molar refractivity (Wildman–Crippen MR) is 102 cm³/mol. The lowest BCUT2D eigenvalue weighted by molar-refractivity contribution is -0.0884. The minimum atomic E-state index is -4.98. The van der Waals surface area contributed by atoms with Crippen LogP contribution in [-0.2, 0) is 0 Å². The second kappa shape index (κ2) is 7.10. The number of Topliss-reactive ketones (excluding diaryl/α,β-unsaturated/α-hetero) is 1. The van der Waals surface area contributed by atoms with Gasteiger partial charge in [-0.25, -0.2) is 0 Å². The van der Waals surface area contributed by atoms with E-state index in [0.717, 1.165) is 0 Å². The van der Waals surface area contributed by atoms with Gasteiger partial charge in [-0.15, -0.1) is 0 Å². The maximum Gasteiger partial charge on any atom is 0.454 e. The quantitative estimate of drug-likeness (QED) is 0.412. The Morgan fingerprint density at radius 1 is 1.04 bits per heavy atom. The van der Waals surface area contributed by atoms with Gasteiger partial charge in [0.1, 0.15) is 0 Å². The molecule has 0 unspecified atom stereocenters. The predicted octanol–water partition coefficient (Wildman–Crippen LogP) is 7.15. The van der Waals surface area contributed by atoms with Gasteiger partial charge in [0.15, 0.2) is 0 Å². The van der Waals surface area contributed by atoms with Gasteiger partial charge in [-0.05, 0) is 42.0 Å². The summed E-state index contributed by atoms with van der Waals surface area (Å²) < 4.78 is 39.8. The minimum absolute atomic E-state index is 0.0523. The SMILES string of the molecule is O=C(c1c(/C=C/c2cc(Cl)cc(Cl)c2)[nH]c2cc(Br)ccc12)C(F)(F)F. The van der Waals surface area contributed by atoms with E-state index >= 15 is 0 Å². The molecule has 3 rings (SSSR count). The van der Waals surface area contributed by atoms with E-state index in [9.17, 15) is 18.0 Å². The molecule has 1 N–H and O–H groups in total. The summed E-state index contributed by atoms with van der Waals surface area (Å²) in [5.74, 6) is -1.91. The number of aromatic amines is 1. The number of hydrogen-bond acceptors (Lipinski definition) is 1. The third kappa shape index (κ3) is 3.98. The summed E-state index contributed by atoms with van der Waals surface area (Å²) in [5, 5.41) is 0.980. The molecule has 0 spiro atoms. The molecule has 1 heterocycles. The molecule has 0 saturated heterocycles. The molecular formula is C18H9BrCl2F3NO. The Bertz CT molecular complexity index is 1020. The van der Waals surface area contributed by atoms with Gasteiger partial charge in [-0.2, -0.15) is 13.2 Å². The number of hydrogen-bond donors (Lipinski definition) is 1. The zero-order valence-electron chi connectivity index (χ0n) is 12.8. The number of alkyl halides is 3. The minimum Gasteiger partial charge on any atom is -0.354 e. The lowest BCUT2D eigenvalue weighted by Crippen LogP contribution is -2.23. The lowest BCUT2D eigenvalue weighted by atomic mass is 10.0. The van der Waals surface area contributed by atoms with Crippen LogP contribution in [0.1, 0.15) is 21.6 Å². The largest absolute Gasteiger partial charge is 0.454 e. The molecule has 0 aliphatic carbocycles. The summed E-state index contributed by atoms with van der Waals surface area (Å²) in [6.45, 7) is 0. The Hall–Kier alpha value is -1.76. The van der Waals surface area contributed by atoms with Crippen molar-refractivity contribution in [1.29, 1.82) is 0 Å². The molecule has 1 aromatic heterocycles. The molecule has 0 aliphatic rings. The number of carbonyl (C=O) groups excluding carboxylic acids is 1. The van der Waals surface area contributed by atoms with Crippen molar-refractivity contribution in [3.8, 4) is 0 Å². The number of nitrogens with one attached hydrogen (secondary N) is 1. The van der Waals surface area contributed by atoms with E-state index in [2.05, 4.69) is 20.9 Å². The molecule has 2 aromatic carbocycles. The van der Waals surface area contributed by atoms with Crippen molar-refractivity contribution in [2.75, 3.05) is 0 Å². The fraction of sp³-hybridized carbons (Fsp3) is 0.0556. The summed E-state index contributed by atoms with van der Waals surface area (Å²) in [4.78, 5) is 14.8. The van der Waals surface area contributed by atoms with Gasteiger partial charge in [0.2, 0.25) is 0 Å². The van der Waals surface area contributed by atoms with Crippen LogP contribution in [0.2, 0.25) is 10.0 Å². The van der Waals surface area contributed by atoms with E-state index in [-0.39, 0.29) is 11.1 Å². The van der Waals surface area contributed by atoms with Crippen LogP contribution in [0, 0.1) is 0 Å². The molecule has 0 atom stereocenters. The standard InChI is InChI=1S/C18H9BrCl2F3NO/c19-10-2-3-13-15(7-10)25-14(16(13)17(26)18(22,23)24)4-1-9-5-11(20)8-12(21)6-9/h1-8,25H/b4-1+. The summed E-state index contributed by atoms with van der Waals surface area (Å²) >= 11 is 15.1. The lowest BCUT2D eigenvalue weighted by Gasteiger charge is -2.05. The molecular weight excluding hydrogens is 454 g/mol. The fourth-order valence-corrected chi connectivity index (χ4v) is 3.46. The first-order valence-electron chi connectivity index (χ1n) is 7.22. The third-order valence-electron chi connectivity index (χ3n) is 3.60. The van der Waals surface area contributed by atoms with Crippen molar-refractivity contribution < 1.29 is 18.0 Å². The Labute approximate surface area is 164 Å².